The third kappa shape index (κ3) is 1.44. The zero-order valence-electron chi connectivity index (χ0n) is 8.84. The molecule has 0 spiro atoms. The van der Waals surface area contributed by atoms with Gasteiger partial charge in [0, 0.05) is 6.04 Å². The lowest BCUT2D eigenvalue weighted by Gasteiger charge is -2.30. The largest absolute Gasteiger partial charge is 0.469 e. The Morgan fingerprint density at radius 3 is 3.00 bits per heavy atom. The number of fused-ring (bicyclic) bond motifs is 1. The Bertz CT molecular complexity index is 229. The minimum absolute atomic E-state index is 0.00870. The van der Waals surface area contributed by atoms with Crippen molar-refractivity contribution < 1.29 is 9.53 Å². The first-order valence-electron chi connectivity index (χ1n) is 5.61. The molecule has 80 valence electrons. The smallest absolute Gasteiger partial charge is 0.313 e. The van der Waals surface area contributed by atoms with Gasteiger partial charge in [-0.15, -0.1) is 0 Å². The normalized spacial score (nSPS) is 37.4. The van der Waals surface area contributed by atoms with Crippen molar-refractivity contribution in [3.63, 3.8) is 0 Å². The van der Waals surface area contributed by atoms with E-state index in [-0.39, 0.29) is 11.4 Å². The van der Waals surface area contributed by atoms with Gasteiger partial charge in [-0.25, -0.2) is 0 Å². The second kappa shape index (κ2) is 3.89. The lowest BCUT2D eigenvalue weighted by atomic mass is 9.77. The Morgan fingerprint density at radius 2 is 2.21 bits per heavy atom. The molecule has 1 saturated heterocycles. The molecular weight excluding hydrogens is 178 g/mol. The molecule has 2 fully saturated rings. The quantitative estimate of drug-likeness (QED) is 0.647. The third-order valence-corrected chi connectivity index (χ3v) is 3.84. The van der Waals surface area contributed by atoms with Crippen molar-refractivity contribution in [1.82, 2.24) is 5.32 Å². The predicted molar refractivity (Wildman–Crippen MR) is 53.9 cm³/mol. The van der Waals surface area contributed by atoms with Gasteiger partial charge in [-0.3, -0.25) is 4.79 Å². The Kier molecular flexibility index (Phi) is 2.77. The van der Waals surface area contributed by atoms with E-state index in [2.05, 4.69) is 5.32 Å². The molecule has 0 bridgehead atoms. The summed E-state index contributed by atoms with van der Waals surface area (Å²) in [5.74, 6) is 0.00870. The lowest BCUT2D eigenvalue weighted by molar-refractivity contribution is -0.153. The molecule has 0 aromatic heterocycles. The van der Waals surface area contributed by atoms with Gasteiger partial charge in [0.2, 0.25) is 0 Å². The molecule has 3 nitrogen and oxygen atoms in total. The van der Waals surface area contributed by atoms with E-state index in [1.807, 2.05) is 0 Å². The van der Waals surface area contributed by atoms with E-state index in [0.29, 0.717) is 6.04 Å². The van der Waals surface area contributed by atoms with Crippen LogP contribution >= 0.6 is 0 Å². The van der Waals surface area contributed by atoms with Crippen molar-refractivity contribution in [2.24, 2.45) is 5.41 Å². The standard InChI is InChI=1S/C11H19NO2/c1-14-10(13)11-6-4-2-3-5-9(11)12-8-7-11/h9,12H,2-8H2,1H3. The average molecular weight is 197 g/mol. The Morgan fingerprint density at radius 1 is 1.36 bits per heavy atom. The molecule has 0 aromatic rings. The predicted octanol–water partition coefficient (Wildman–Crippen LogP) is 1.47. The number of carbonyl (C=O) groups excluding carboxylic acids is 1. The number of carbonyl (C=O) groups is 1. The van der Waals surface area contributed by atoms with E-state index in [9.17, 15) is 4.79 Å². The highest BCUT2D eigenvalue weighted by molar-refractivity contribution is 5.78. The topological polar surface area (TPSA) is 38.3 Å². The molecule has 2 rings (SSSR count). The van der Waals surface area contributed by atoms with Crippen molar-refractivity contribution >= 4 is 5.97 Å². The molecule has 14 heavy (non-hydrogen) atoms. The van der Waals surface area contributed by atoms with Crippen LogP contribution in [-0.4, -0.2) is 25.7 Å². The fourth-order valence-corrected chi connectivity index (χ4v) is 3.03. The SMILES string of the molecule is COC(=O)C12CCCCCC1NCC2. The van der Waals surface area contributed by atoms with Crippen LogP contribution in [0, 0.1) is 5.41 Å². The summed E-state index contributed by atoms with van der Waals surface area (Å²) in [5, 5.41) is 3.45. The molecule has 0 radical (unpaired) electrons. The number of esters is 1. The number of hydrogen-bond acceptors (Lipinski definition) is 3. The Hall–Kier alpha value is -0.570. The zero-order chi connectivity index (χ0) is 10.0. The fraction of sp³-hybridized carbons (Fsp3) is 0.909. The summed E-state index contributed by atoms with van der Waals surface area (Å²) in [6.07, 6.45) is 6.79. The molecule has 2 aliphatic rings. The average Bonchev–Trinajstić information content (AvgIpc) is 2.51. The van der Waals surface area contributed by atoms with Crippen LogP contribution in [0.15, 0.2) is 0 Å². The fourth-order valence-electron chi connectivity index (χ4n) is 3.03. The molecule has 3 heteroatoms. The summed E-state index contributed by atoms with van der Waals surface area (Å²) in [6, 6.07) is 0.373. The molecule has 1 saturated carbocycles. The van der Waals surface area contributed by atoms with Gasteiger partial charge in [0.15, 0.2) is 0 Å². The first kappa shape index (κ1) is 9.97. The maximum Gasteiger partial charge on any atom is 0.313 e. The van der Waals surface area contributed by atoms with Crippen LogP contribution in [0.3, 0.4) is 0 Å². The summed E-state index contributed by atoms with van der Waals surface area (Å²) < 4.78 is 4.97. The minimum Gasteiger partial charge on any atom is -0.469 e. The van der Waals surface area contributed by atoms with Gasteiger partial charge in [-0.2, -0.15) is 0 Å². The molecule has 1 heterocycles. The maximum atomic E-state index is 11.9. The number of ether oxygens (including phenoxy) is 1. The Labute approximate surface area is 85.2 Å². The minimum atomic E-state index is -0.189. The summed E-state index contributed by atoms with van der Waals surface area (Å²) >= 11 is 0. The molecule has 2 atom stereocenters. The van der Waals surface area contributed by atoms with Gasteiger partial charge >= 0.3 is 5.97 Å². The molecule has 1 N–H and O–H groups in total. The van der Waals surface area contributed by atoms with Crippen LogP contribution < -0.4 is 5.32 Å². The lowest BCUT2D eigenvalue weighted by Crippen LogP contribution is -2.42. The van der Waals surface area contributed by atoms with Crippen LogP contribution in [0.1, 0.15) is 38.5 Å². The van der Waals surface area contributed by atoms with Crippen molar-refractivity contribution in [2.45, 2.75) is 44.6 Å². The van der Waals surface area contributed by atoms with Crippen molar-refractivity contribution in [2.75, 3.05) is 13.7 Å². The second-order valence-electron chi connectivity index (χ2n) is 4.50. The van der Waals surface area contributed by atoms with Crippen molar-refractivity contribution in [3.05, 3.63) is 0 Å². The van der Waals surface area contributed by atoms with Gasteiger partial charge < -0.3 is 10.1 Å². The highest BCUT2D eigenvalue weighted by atomic mass is 16.5. The van der Waals surface area contributed by atoms with Crippen LogP contribution in [-0.2, 0) is 9.53 Å². The zero-order valence-corrected chi connectivity index (χ0v) is 8.84. The maximum absolute atomic E-state index is 11.9. The highest BCUT2D eigenvalue weighted by Crippen LogP contribution is 2.42. The first-order valence-corrected chi connectivity index (χ1v) is 5.61. The summed E-state index contributed by atoms with van der Waals surface area (Å²) in [7, 11) is 1.51. The van der Waals surface area contributed by atoms with E-state index in [1.54, 1.807) is 0 Å². The molecule has 1 aliphatic heterocycles. The second-order valence-corrected chi connectivity index (χ2v) is 4.50. The molecule has 2 unspecified atom stereocenters. The van der Waals surface area contributed by atoms with E-state index in [0.717, 1.165) is 25.8 Å². The summed E-state index contributed by atoms with van der Waals surface area (Å²) in [6.45, 7) is 0.972. The molecular formula is C11H19NO2. The molecule has 1 aliphatic carbocycles. The van der Waals surface area contributed by atoms with E-state index >= 15 is 0 Å². The van der Waals surface area contributed by atoms with Crippen LogP contribution in [0.4, 0.5) is 0 Å². The summed E-state index contributed by atoms with van der Waals surface area (Å²) in [4.78, 5) is 11.9. The number of rotatable bonds is 1. The van der Waals surface area contributed by atoms with Gasteiger partial charge in [0.1, 0.15) is 0 Å². The number of nitrogens with one attached hydrogen (secondary N) is 1. The van der Waals surface area contributed by atoms with Crippen molar-refractivity contribution in [1.29, 1.82) is 0 Å². The van der Waals surface area contributed by atoms with Gasteiger partial charge in [0.05, 0.1) is 12.5 Å². The highest BCUT2D eigenvalue weighted by Gasteiger charge is 2.49. The van der Waals surface area contributed by atoms with Gasteiger partial charge in [-0.05, 0) is 25.8 Å². The van der Waals surface area contributed by atoms with Crippen molar-refractivity contribution in [3.8, 4) is 0 Å². The number of hydrogen-bond donors (Lipinski definition) is 1. The monoisotopic (exact) mass is 197 g/mol. The van der Waals surface area contributed by atoms with E-state index in [1.165, 1.54) is 26.4 Å². The molecule has 0 amide bonds. The van der Waals surface area contributed by atoms with Gasteiger partial charge in [-0.1, -0.05) is 19.3 Å². The van der Waals surface area contributed by atoms with Crippen LogP contribution in [0.5, 0.6) is 0 Å². The van der Waals surface area contributed by atoms with Crippen LogP contribution in [0.2, 0.25) is 0 Å². The van der Waals surface area contributed by atoms with E-state index in [4.69, 9.17) is 4.74 Å². The summed E-state index contributed by atoms with van der Waals surface area (Å²) in [5.41, 5.74) is -0.189. The first-order chi connectivity index (χ1) is 6.79. The van der Waals surface area contributed by atoms with Crippen LogP contribution in [0.25, 0.3) is 0 Å². The Balaban J connectivity index is 2.21. The third-order valence-electron chi connectivity index (χ3n) is 3.84. The molecule has 0 aromatic carbocycles. The van der Waals surface area contributed by atoms with E-state index < -0.39 is 0 Å². The van der Waals surface area contributed by atoms with Gasteiger partial charge in [0.25, 0.3) is 0 Å². The number of methoxy groups -OCH3 is 1.